The molecule has 6 nitrogen and oxygen atoms in total. The maximum absolute atomic E-state index is 13.0. The van der Waals surface area contributed by atoms with Gasteiger partial charge in [-0.3, -0.25) is 0 Å². The number of benzene rings is 1. The Bertz CT molecular complexity index is 811. The molecule has 27 heavy (non-hydrogen) atoms. The van der Waals surface area contributed by atoms with Crippen LogP contribution in [0.2, 0.25) is 0 Å². The van der Waals surface area contributed by atoms with Crippen molar-refractivity contribution in [3.05, 3.63) is 35.4 Å². The van der Waals surface area contributed by atoms with E-state index in [0.717, 1.165) is 45.2 Å². The SMILES string of the molecule is O=C(O)c1ccc(N2CCCCC2)c(S(=O)(=O)NCCC2=CCCCC2)c1. The van der Waals surface area contributed by atoms with E-state index in [2.05, 4.69) is 10.8 Å². The molecule has 2 aliphatic rings. The molecule has 1 saturated heterocycles. The first-order valence-electron chi connectivity index (χ1n) is 9.77. The van der Waals surface area contributed by atoms with Crippen LogP contribution in [0.3, 0.4) is 0 Å². The lowest BCUT2D eigenvalue weighted by molar-refractivity contribution is 0.0696. The van der Waals surface area contributed by atoms with Crippen LogP contribution < -0.4 is 9.62 Å². The largest absolute Gasteiger partial charge is 0.478 e. The van der Waals surface area contributed by atoms with Crippen LogP contribution in [-0.2, 0) is 10.0 Å². The number of hydrogen-bond donors (Lipinski definition) is 2. The summed E-state index contributed by atoms with van der Waals surface area (Å²) in [6, 6.07) is 4.40. The smallest absolute Gasteiger partial charge is 0.335 e. The first-order chi connectivity index (χ1) is 13.0. The zero-order valence-corrected chi connectivity index (χ0v) is 16.4. The van der Waals surface area contributed by atoms with Crippen LogP contribution in [0.25, 0.3) is 0 Å². The van der Waals surface area contributed by atoms with Gasteiger partial charge in [0.05, 0.1) is 11.3 Å². The summed E-state index contributed by atoms with van der Waals surface area (Å²) in [7, 11) is -3.78. The fourth-order valence-electron chi connectivity index (χ4n) is 3.81. The Morgan fingerprint density at radius 1 is 1.11 bits per heavy atom. The van der Waals surface area contributed by atoms with Crippen molar-refractivity contribution in [3.63, 3.8) is 0 Å². The van der Waals surface area contributed by atoms with Crippen LogP contribution in [-0.4, -0.2) is 39.1 Å². The van der Waals surface area contributed by atoms with Crippen molar-refractivity contribution >= 4 is 21.7 Å². The predicted molar refractivity (Wildman–Crippen MR) is 106 cm³/mol. The molecule has 0 unspecified atom stereocenters. The summed E-state index contributed by atoms with van der Waals surface area (Å²) in [5.41, 5.74) is 1.90. The van der Waals surface area contributed by atoms with E-state index in [1.54, 1.807) is 6.07 Å². The molecule has 3 rings (SSSR count). The van der Waals surface area contributed by atoms with Gasteiger partial charge in [-0.15, -0.1) is 0 Å². The highest BCUT2D eigenvalue weighted by Crippen LogP contribution is 2.29. The normalized spacial score (nSPS) is 18.2. The standard InChI is InChI=1S/C20H28N2O4S/c23-20(24)17-9-10-18(22-13-5-2-6-14-22)19(15-17)27(25,26)21-12-11-16-7-3-1-4-8-16/h7,9-10,15,21H,1-6,8,11-14H2,(H,23,24). The van der Waals surface area contributed by atoms with Gasteiger partial charge in [-0.1, -0.05) is 11.6 Å². The molecule has 0 amide bonds. The first kappa shape index (κ1) is 19.9. The van der Waals surface area contributed by atoms with Crippen LogP contribution in [0.5, 0.6) is 0 Å². The minimum absolute atomic E-state index is 0.00822. The van der Waals surface area contributed by atoms with Gasteiger partial charge in [0.25, 0.3) is 0 Å². The number of carboxylic acids is 1. The molecule has 1 aromatic carbocycles. The van der Waals surface area contributed by atoms with Crippen molar-refractivity contribution in [3.8, 4) is 0 Å². The number of nitrogens with one attached hydrogen (secondary N) is 1. The lowest BCUT2D eigenvalue weighted by Crippen LogP contribution is -2.33. The van der Waals surface area contributed by atoms with Crippen molar-refractivity contribution < 1.29 is 18.3 Å². The Morgan fingerprint density at radius 3 is 2.56 bits per heavy atom. The fraction of sp³-hybridized carbons (Fsp3) is 0.550. The van der Waals surface area contributed by atoms with Crippen molar-refractivity contribution in [2.75, 3.05) is 24.5 Å². The summed E-state index contributed by atoms with van der Waals surface area (Å²) in [5, 5.41) is 9.29. The van der Waals surface area contributed by atoms with E-state index in [1.165, 1.54) is 30.5 Å². The number of carbonyl (C=O) groups is 1. The minimum Gasteiger partial charge on any atom is -0.478 e. The third kappa shape index (κ3) is 5.11. The van der Waals surface area contributed by atoms with E-state index in [4.69, 9.17) is 0 Å². The molecule has 2 N–H and O–H groups in total. The van der Waals surface area contributed by atoms with Gasteiger partial charge in [-0.05, 0) is 69.6 Å². The number of piperidine rings is 1. The molecule has 1 fully saturated rings. The first-order valence-corrected chi connectivity index (χ1v) is 11.3. The molecule has 0 bridgehead atoms. The molecule has 0 spiro atoms. The van der Waals surface area contributed by atoms with Crippen molar-refractivity contribution in [2.45, 2.75) is 56.3 Å². The molecule has 0 atom stereocenters. The molecule has 7 heteroatoms. The summed E-state index contributed by atoms with van der Waals surface area (Å²) in [6.45, 7) is 1.93. The zero-order chi connectivity index (χ0) is 19.3. The summed E-state index contributed by atoms with van der Waals surface area (Å²) in [4.78, 5) is 13.5. The second kappa shape index (κ2) is 8.89. The van der Waals surface area contributed by atoms with E-state index >= 15 is 0 Å². The third-order valence-electron chi connectivity index (χ3n) is 5.32. The second-order valence-corrected chi connectivity index (χ2v) is 9.03. The number of anilines is 1. The minimum atomic E-state index is -3.78. The average Bonchev–Trinajstić information content (AvgIpc) is 2.69. The van der Waals surface area contributed by atoms with Crippen LogP contribution in [0.1, 0.15) is 61.7 Å². The lowest BCUT2D eigenvalue weighted by Gasteiger charge is -2.30. The van der Waals surface area contributed by atoms with Crippen molar-refractivity contribution in [2.24, 2.45) is 0 Å². The molecule has 0 radical (unpaired) electrons. The molecule has 0 saturated carbocycles. The topological polar surface area (TPSA) is 86.7 Å². The Labute approximate surface area is 161 Å². The van der Waals surface area contributed by atoms with E-state index < -0.39 is 16.0 Å². The molecular formula is C20H28N2O4S. The van der Waals surface area contributed by atoms with Gasteiger partial charge >= 0.3 is 5.97 Å². The number of aromatic carboxylic acids is 1. The van der Waals surface area contributed by atoms with Gasteiger partial charge in [0, 0.05) is 19.6 Å². The van der Waals surface area contributed by atoms with E-state index in [1.807, 2.05) is 4.90 Å². The molecule has 1 aliphatic heterocycles. The van der Waals surface area contributed by atoms with Crippen LogP contribution in [0.4, 0.5) is 5.69 Å². The van der Waals surface area contributed by atoms with Gasteiger partial charge in [0.1, 0.15) is 4.90 Å². The maximum atomic E-state index is 13.0. The maximum Gasteiger partial charge on any atom is 0.335 e. The Kier molecular flexibility index (Phi) is 6.55. The molecule has 148 valence electrons. The van der Waals surface area contributed by atoms with Gasteiger partial charge in [-0.25, -0.2) is 17.9 Å². The second-order valence-electron chi connectivity index (χ2n) is 7.29. The predicted octanol–water partition coefficient (Wildman–Crippen LogP) is 3.54. The highest BCUT2D eigenvalue weighted by Gasteiger charge is 2.24. The summed E-state index contributed by atoms with van der Waals surface area (Å²) in [6.07, 6.45) is 10.6. The zero-order valence-electron chi connectivity index (χ0n) is 15.6. The third-order valence-corrected chi connectivity index (χ3v) is 6.81. The number of nitrogens with zero attached hydrogens (tertiary/aromatic N) is 1. The van der Waals surface area contributed by atoms with Crippen LogP contribution in [0, 0.1) is 0 Å². The van der Waals surface area contributed by atoms with Gasteiger partial charge in [0.2, 0.25) is 10.0 Å². The van der Waals surface area contributed by atoms with Gasteiger partial charge < -0.3 is 10.0 Å². The highest BCUT2D eigenvalue weighted by molar-refractivity contribution is 7.89. The Morgan fingerprint density at radius 2 is 1.89 bits per heavy atom. The van der Waals surface area contributed by atoms with Gasteiger partial charge in [-0.2, -0.15) is 0 Å². The Hall–Kier alpha value is -1.86. The monoisotopic (exact) mass is 392 g/mol. The fourth-order valence-corrected chi connectivity index (χ4v) is 5.09. The average molecular weight is 393 g/mol. The van der Waals surface area contributed by atoms with Gasteiger partial charge in [0.15, 0.2) is 0 Å². The lowest BCUT2D eigenvalue weighted by atomic mass is 9.97. The van der Waals surface area contributed by atoms with E-state index in [-0.39, 0.29) is 10.5 Å². The number of carboxylic acid groups (broad SMARTS) is 1. The van der Waals surface area contributed by atoms with Crippen LogP contribution >= 0.6 is 0 Å². The van der Waals surface area contributed by atoms with Crippen LogP contribution in [0.15, 0.2) is 34.7 Å². The van der Waals surface area contributed by atoms with E-state index in [9.17, 15) is 18.3 Å². The van der Waals surface area contributed by atoms with Crippen molar-refractivity contribution in [1.82, 2.24) is 4.72 Å². The molecular weight excluding hydrogens is 364 g/mol. The quantitative estimate of drug-likeness (QED) is 0.693. The van der Waals surface area contributed by atoms with E-state index in [0.29, 0.717) is 18.7 Å². The highest BCUT2D eigenvalue weighted by atomic mass is 32.2. The number of hydrogen-bond acceptors (Lipinski definition) is 4. The summed E-state index contributed by atoms with van der Waals surface area (Å²) < 4.78 is 28.6. The number of allylic oxidation sites excluding steroid dienone is 1. The molecule has 1 aliphatic carbocycles. The summed E-state index contributed by atoms with van der Waals surface area (Å²) in [5.74, 6) is -1.12. The number of sulfonamides is 1. The molecule has 1 heterocycles. The Balaban J connectivity index is 1.81. The molecule has 1 aromatic rings. The summed E-state index contributed by atoms with van der Waals surface area (Å²) >= 11 is 0. The number of rotatable bonds is 7. The van der Waals surface area contributed by atoms with Crippen molar-refractivity contribution in [1.29, 1.82) is 0 Å². The molecule has 0 aromatic heterocycles.